The lowest BCUT2D eigenvalue weighted by molar-refractivity contribution is -0.563. The molecule has 1 atom stereocenters. The summed E-state index contributed by atoms with van der Waals surface area (Å²) in [5, 5.41) is 22.0. The highest BCUT2D eigenvalue weighted by Crippen LogP contribution is 2.14. The Hall–Kier alpha value is -1.33. The Morgan fingerprint density at radius 1 is 0.960 bits per heavy atom. The second kappa shape index (κ2) is 17.5. The van der Waals surface area contributed by atoms with Crippen LogP contribution in [0.5, 0.6) is 0 Å². The molecule has 6 heteroatoms. The fourth-order valence-electron chi connectivity index (χ4n) is 3.02. The summed E-state index contributed by atoms with van der Waals surface area (Å²) in [6.45, 7) is 3.45. The molecular formula is C19H38N2O4. The minimum Gasteiger partial charge on any atom is -0.597 e. The predicted molar refractivity (Wildman–Crippen MR) is 98.6 cm³/mol. The molecule has 0 rings (SSSR count). The number of ether oxygens (including phenoxy) is 1. The van der Waals surface area contributed by atoms with Crippen molar-refractivity contribution in [3.8, 4) is 0 Å². The largest absolute Gasteiger partial charge is 0.597 e. The van der Waals surface area contributed by atoms with Gasteiger partial charge in [0.25, 0.3) is 0 Å². The van der Waals surface area contributed by atoms with Gasteiger partial charge in [0, 0.05) is 6.92 Å². The van der Waals surface area contributed by atoms with Gasteiger partial charge in [-0.2, -0.15) is 0 Å². The van der Waals surface area contributed by atoms with Gasteiger partial charge in [0.05, 0.1) is 0 Å². The molecule has 0 saturated carbocycles. The van der Waals surface area contributed by atoms with Crippen molar-refractivity contribution in [2.75, 3.05) is 6.54 Å². The van der Waals surface area contributed by atoms with Crippen LogP contribution < -0.4 is 0 Å². The molecule has 0 spiro atoms. The summed E-state index contributed by atoms with van der Waals surface area (Å²) in [5.41, 5.74) is 0. The molecule has 0 saturated heterocycles. The summed E-state index contributed by atoms with van der Waals surface area (Å²) in [4.78, 5) is 11.2. The van der Waals surface area contributed by atoms with E-state index >= 15 is 0 Å². The number of hydrogen-bond acceptors (Lipinski definition) is 4. The molecule has 1 N–H and O–H groups in total. The van der Waals surface area contributed by atoms with Gasteiger partial charge in [-0.15, -0.1) is 0 Å². The molecule has 0 aromatic rings. The standard InChI is InChI=1S/C19H38N2O4/c1-3-4-5-6-7-8-9-10-11-12-13-14-15-16-19(25-18(2)22)17-21(24)20-23/h19,23H,3-17H2,1-2H3/b21-20-/t19-/m1/s1. The minimum absolute atomic E-state index is 0.117. The van der Waals surface area contributed by atoms with Gasteiger partial charge in [0.2, 0.25) is 6.54 Å². The quantitative estimate of drug-likeness (QED) is 0.118. The highest BCUT2D eigenvalue weighted by Gasteiger charge is 2.17. The van der Waals surface area contributed by atoms with E-state index in [0.717, 1.165) is 12.8 Å². The van der Waals surface area contributed by atoms with Crippen molar-refractivity contribution in [1.82, 2.24) is 0 Å². The fourth-order valence-corrected chi connectivity index (χ4v) is 3.02. The van der Waals surface area contributed by atoms with E-state index in [4.69, 9.17) is 9.94 Å². The lowest BCUT2D eigenvalue weighted by Gasteiger charge is -2.14. The van der Waals surface area contributed by atoms with Crippen molar-refractivity contribution >= 4 is 5.97 Å². The van der Waals surface area contributed by atoms with E-state index in [1.165, 1.54) is 77.6 Å². The molecule has 0 aromatic carbocycles. The molecule has 0 aliphatic rings. The zero-order chi connectivity index (χ0) is 18.8. The molecular weight excluding hydrogens is 320 g/mol. The van der Waals surface area contributed by atoms with E-state index < -0.39 is 12.1 Å². The fraction of sp³-hybridized carbons (Fsp3) is 0.947. The maximum atomic E-state index is 11.0. The zero-order valence-electron chi connectivity index (χ0n) is 16.3. The number of esters is 1. The van der Waals surface area contributed by atoms with Crippen LogP contribution in [0.4, 0.5) is 0 Å². The summed E-state index contributed by atoms with van der Waals surface area (Å²) in [6.07, 6.45) is 16.7. The van der Waals surface area contributed by atoms with Crippen LogP contribution in [-0.4, -0.2) is 28.7 Å². The molecule has 0 aromatic heterocycles. The van der Waals surface area contributed by atoms with Crippen molar-refractivity contribution in [2.24, 2.45) is 5.28 Å². The first-order valence-corrected chi connectivity index (χ1v) is 10.1. The van der Waals surface area contributed by atoms with Crippen molar-refractivity contribution in [3.05, 3.63) is 5.21 Å². The van der Waals surface area contributed by atoms with Crippen LogP contribution in [0.2, 0.25) is 0 Å². The van der Waals surface area contributed by atoms with E-state index in [0.29, 0.717) is 6.42 Å². The van der Waals surface area contributed by atoms with Crippen LogP contribution in [0.25, 0.3) is 0 Å². The number of nitrogens with zero attached hydrogens (tertiary/aromatic N) is 2. The van der Waals surface area contributed by atoms with E-state index in [9.17, 15) is 10.0 Å². The second-order valence-corrected chi connectivity index (χ2v) is 6.89. The third-order valence-electron chi connectivity index (χ3n) is 4.42. The smallest absolute Gasteiger partial charge is 0.303 e. The van der Waals surface area contributed by atoms with Crippen molar-refractivity contribution in [3.63, 3.8) is 0 Å². The van der Waals surface area contributed by atoms with Crippen LogP contribution in [0, 0.1) is 5.21 Å². The summed E-state index contributed by atoms with van der Waals surface area (Å²) >= 11 is 0. The Labute approximate surface area is 153 Å². The third-order valence-corrected chi connectivity index (χ3v) is 4.42. The van der Waals surface area contributed by atoms with Gasteiger partial charge in [-0.3, -0.25) is 4.79 Å². The first-order chi connectivity index (χ1) is 12.1. The molecule has 0 heterocycles. The number of unbranched alkanes of at least 4 members (excludes halogenated alkanes) is 12. The topological polar surface area (TPSA) is 85.0 Å². The number of carbonyl (C=O) groups excluding carboxylic acids is 1. The Bertz CT molecular complexity index is 348. The summed E-state index contributed by atoms with van der Waals surface area (Å²) < 4.78 is 5.08. The van der Waals surface area contributed by atoms with Gasteiger partial charge in [-0.05, 0) is 12.8 Å². The second-order valence-electron chi connectivity index (χ2n) is 6.89. The molecule has 25 heavy (non-hydrogen) atoms. The number of rotatable bonds is 17. The molecule has 0 amide bonds. The van der Waals surface area contributed by atoms with Crippen LogP contribution in [0.1, 0.15) is 104 Å². The Morgan fingerprint density at radius 2 is 1.40 bits per heavy atom. The molecule has 148 valence electrons. The zero-order valence-corrected chi connectivity index (χ0v) is 16.3. The van der Waals surface area contributed by atoms with Gasteiger partial charge in [0.15, 0.2) is 11.4 Å². The average Bonchev–Trinajstić information content (AvgIpc) is 2.58. The van der Waals surface area contributed by atoms with E-state index in [-0.39, 0.29) is 11.4 Å². The van der Waals surface area contributed by atoms with Crippen LogP contribution in [0.15, 0.2) is 5.28 Å². The van der Waals surface area contributed by atoms with E-state index in [1.807, 2.05) is 0 Å². The van der Waals surface area contributed by atoms with Gasteiger partial charge >= 0.3 is 5.97 Å². The molecule has 0 fully saturated rings. The molecule has 0 aliphatic heterocycles. The molecule has 0 radical (unpaired) electrons. The highest BCUT2D eigenvalue weighted by atomic mass is 16.6. The molecule has 6 nitrogen and oxygen atoms in total. The Kier molecular flexibility index (Phi) is 16.6. The number of hydrogen-bond donors (Lipinski definition) is 1. The lowest BCUT2D eigenvalue weighted by atomic mass is 10.0. The van der Waals surface area contributed by atoms with Crippen LogP contribution >= 0.6 is 0 Å². The van der Waals surface area contributed by atoms with Crippen LogP contribution in [0.3, 0.4) is 0 Å². The minimum atomic E-state index is -0.501. The normalized spacial score (nSPS) is 13.0. The van der Waals surface area contributed by atoms with E-state index in [2.05, 4.69) is 12.2 Å². The predicted octanol–water partition coefficient (Wildman–Crippen LogP) is 5.75. The summed E-state index contributed by atoms with van der Waals surface area (Å²) in [6, 6.07) is 0. The van der Waals surface area contributed by atoms with Crippen molar-refractivity contribution < 1.29 is 19.6 Å². The van der Waals surface area contributed by atoms with E-state index in [1.54, 1.807) is 0 Å². The number of carbonyl (C=O) groups is 1. The molecule has 0 unspecified atom stereocenters. The van der Waals surface area contributed by atoms with Crippen molar-refractivity contribution in [1.29, 1.82) is 0 Å². The van der Waals surface area contributed by atoms with Gasteiger partial charge in [0.1, 0.15) is 0 Å². The average molecular weight is 359 g/mol. The highest BCUT2D eigenvalue weighted by molar-refractivity contribution is 5.66. The summed E-state index contributed by atoms with van der Waals surface area (Å²) in [5.74, 6) is -0.411. The van der Waals surface area contributed by atoms with Crippen molar-refractivity contribution in [2.45, 2.75) is 110 Å². The summed E-state index contributed by atoms with van der Waals surface area (Å²) in [7, 11) is 0. The first kappa shape index (κ1) is 23.7. The maximum Gasteiger partial charge on any atom is 0.303 e. The van der Waals surface area contributed by atoms with Gasteiger partial charge in [-0.25, -0.2) is 0 Å². The lowest BCUT2D eigenvalue weighted by Crippen LogP contribution is -2.25. The van der Waals surface area contributed by atoms with Gasteiger partial charge in [-0.1, -0.05) is 88.8 Å². The van der Waals surface area contributed by atoms with Crippen LogP contribution in [-0.2, 0) is 9.53 Å². The number of hydroxylamine groups is 1. The van der Waals surface area contributed by atoms with Gasteiger partial charge < -0.3 is 15.2 Å². The first-order valence-electron chi connectivity index (χ1n) is 10.1. The SMILES string of the molecule is CCCCCCCCCCCCCCC[C@H](C/[N+]([O-])=N/O)OC(C)=O. The third kappa shape index (κ3) is 17.3. The Morgan fingerprint density at radius 3 is 1.80 bits per heavy atom. The molecule has 0 aliphatic carbocycles. The monoisotopic (exact) mass is 358 g/mol. The molecule has 0 bridgehead atoms. The Balaban J connectivity index is 3.49. The maximum absolute atomic E-state index is 11.0.